The minimum absolute atomic E-state index is 0.327. The lowest BCUT2D eigenvalue weighted by Gasteiger charge is -2.17. The second kappa shape index (κ2) is 10.4. The van der Waals surface area contributed by atoms with Gasteiger partial charge in [0, 0.05) is 23.7 Å². The highest BCUT2D eigenvalue weighted by atomic mass is 35.5. The van der Waals surface area contributed by atoms with Gasteiger partial charge >= 0.3 is 5.97 Å². The third-order valence-electron chi connectivity index (χ3n) is 4.77. The lowest BCUT2D eigenvalue weighted by atomic mass is 10.1. The number of amides is 2. The summed E-state index contributed by atoms with van der Waals surface area (Å²) in [5.74, 6) is -1.48. The molecule has 0 aliphatic heterocycles. The first-order valence-electron chi connectivity index (χ1n) is 9.81. The minimum Gasteiger partial charge on any atom is -0.454 e. The van der Waals surface area contributed by atoms with Crippen LogP contribution in [0.2, 0.25) is 5.02 Å². The van der Waals surface area contributed by atoms with E-state index in [0.29, 0.717) is 16.4 Å². The Morgan fingerprint density at radius 3 is 2.42 bits per heavy atom. The fourth-order valence-electron chi connectivity index (χ4n) is 2.94. The Morgan fingerprint density at radius 2 is 1.74 bits per heavy atom. The number of thiophene rings is 1. The van der Waals surface area contributed by atoms with Gasteiger partial charge in [-0.3, -0.25) is 14.4 Å². The van der Waals surface area contributed by atoms with Crippen molar-refractivity contribution in [3.63, 3.8) is 0 Å². The summed E-state index contributed by atoms with van der Waals surface area (Å²) in [5.41, 5.74) is 2.22. The number of carbonyl (C=O) groups is 3. The van der Waals surface area contributed by atoms with Crippen molar-refractivity contribution >= 4 is 50.8 Å². The largest absolute Gasteiger partial charge is 0.454 e. The van der Waals surface area contributed by atoms with Crippen LogP contribution >= 0.6 is 22.9 Å². The lowest BCUT2D eigenvalue weighted by molar-refractivity contribution is -0.150. The molecule has 0 bridgehead atoms. The van der Waals surface area contributed by atoms with E-state index in [4.69, 9.17) is 16.3 Å². The summed E-state index contributed by atoms with van der Waals surface area (Å²) in [6.07, 6.45) is 0.955. The monoisotopic (exact) mass is 458 g/mol. The van der Waals surface area contributed by atoms with Gasteiger partial charge in [-0.1, -0.05) is 61.0 Å². The van der Waals surface area contributed by atoms with Gasteiger partial charge in [0.25, 0.3) is 11.8 Å². The van der Waals surface area contributed by atoms with Gasteiger partial charge in [-0.25, -0.2) is 0 Å². The van der Waals surface area contributed by atoms with Crippen molar-refractivity contribution in [2.45, 2.75) is 19.9 Å². The van der Waals surface area contributed by atoms with Crippen LogP contribution in [0.3, 0.4) is 0 Å². The standard InChI is InChI=1S/C23H23ClN2O4S/c1-3-15-8-10-16(11-9-15)13-26(2)19(27)14-30-20(28)12-25-23(29)22-21(24)17-6-4-5-7-18(17)31-22/h4-11H,3,12-14H2,1-2H3,(H,25,29). The molecule has 3 rings (SSSR count). The zero-order valence-electron chi connectivity index (χ0n) is 17.3. The van der Waals surface area contributed by atoms with Crippen molar-refractivity contribution in [2.75, 3.05) is 20.2 Å². The highest BCUT2D eigenvalue weighted by Crippen LogP contribution is 2.34. The van der Waals surface area contributed by atoms with E-state index < -0.39 is 11.9 Å². The molecule has 8 heteroatoms. The van der Waals surface area contributed by atoms with Gasteiger partial charge < -0.3 is 15.0 Å². The molecule has 162 valence electrons. The molecule has 0 saturated carbocycles. The van der Waals surface area contributed by atoms with E-state index in [2.05, 4.69) is 12.2 Å². The minimum atomic E-state index is -0.695. The maximum Gasteiger partial charge on any atom is 0.325 e. The van der Waals surface area contributed by atoms with Gasteiger partial charge in [0.1, 0.15) is 11.4 Å². The summed E-state index contributed by atoms with van der Waals surface area (Å²) in [5, 5.41) is 3.64. The molecule has 31 heavy (non-hydrogen) atoms. The smallest absolute Gasteiger partial charge is 0.325 e. The number of fused-ring (bicyclic) bond motifs is 1. The van der Waals surface area contributed by atoms with Crippen LogP contribution in [0, 0.1) is 0 Å². The number of rotatable bonds is 8. The van der Waals surface area contributed by atoms with E-state index in [1.165, 1.54) is 21.8 Å². The summed E-state index contributed by atoms with van der Waals surface area (Å²) >= 11 is 7.52. The van der Waals surface area contributed by atoms with E-state index in [-0.39, 0.29) is 19.1 Å². The van der Waals surface area contributed by atoms with E-state index in [0.717, 1.165) is 22.1 Å². The van der Waals surface area contributed by atoms with Crippen LogP contribution in [0.1, 0.15) is 27.7 Å². The number of nitrogens with zero attached hydrogens (tertiary/aromatic N) is 1. The number of hydrogen-bond donors (Lipinski definition) is 1. The number of halogens is 1. The summed E-state index contributed by atoms with van der Waals surface area (Å²) in [6.45, 7) is 1.76. The first-order valence-corrected chi connectivity index (χ1v) is 11.0. The number of hydrogen-bond acceptors (Lipinski definition) is 5. The number of esters is 1. The van der Waals surface area contributed by atoms with Gasteiger partial charge in [0.2, 0.25) is 0 Å². The summed E-state index contributed by atoms with van der Waals surface area (Å²) in [4.78, 5) is 38.4. The molecule has 0 saturated heterocycles. The number of ether oxygens (including phenoxy) is 1. The second-order valence-corrected chi connectivity index (χ2v) is 8.43. The molecule has 0 radical (unpaired) electrons. The van der Waals surface area contributed by atoms with Crippen molar-refractivity contribution in [3.8, 4) is 0 Å². The predicted molar refractivity (Wildman–Crippen MR) is 122 cm³/mol. The molecule has 1 aromatic heterocycles. The van der Waals surface area contributed by atoms with E-state index >= 15 is 0 Å². The topological polar surface area (TPSA) is 75.7 Å². The van der Waals surface area contributed by atoms with Crippen LogP contribution in [0.15, 0.2) is 48.5 Å². The fourth-order valence-corrected chi connectivity index (χ4v) is 4.37. The third-order valence-corrected chi connectivity index (χ3v) is 6.44. The summed E-state index contributed by atoms with van der Waals surface area (Å²) < 4.78 is 5.89. The van der Waals surface area contributed by atoms with Gasteiger partial charge in [-0.2, -0.15) is 0 Å². The number of carbonyl (C=O) groups excluding carboxylic acids is 3. The highest BCUT2D eigenvalue weighted by molar-refractivity contribution is 7.21. The highest BCUT2D eigenvalue weighted by Gasteiger charge is 2.18. The Kier molecular flexibility index (Phi) is 7.65. The molecule has 0 unspecified atom stereocenters. The van der Waals surface area contributed by atoms with Gasteiger partial charge in [0.15, 0.2) is 6.61 Å². The van der Waals surface area contributed by atoms with Gasteiger partial charge in [-0.05, 0) is 23.6 Å². The average Bonchev–Trinajstić information content (AvgIpc) is 3.13. The molecular formula is C23H23ClN2O4S. The molecule has 6 nitrogen and oxygen atoms in total. The van der Waals surface area contributed by atoms with E-state index in [9.17, 15) is 14.4 Å². The maximum absolute atomic E-state index is 12.4. The molecule has 0 atom stereocenters. The van der Waals surface area contributed by atoms with Crippen LogP contribution in [-0.2, 0) is 27.3 Å². The van der Waals surface area contributed by atoms with Crippen LogP contribution in [0.5, 0.6) is 0 Å². The number of nitrogens with one attached hydrogen (secondary N) is 1. The summed E-state index contributed by atoms with van der Waals surface area (Å²) in [6, 6.07) is 15.4. The number of likely N-dealkylation sites (N-methyl/N-ethyl adjacent to an activating group) is 1. The SMILES string of the molecule is CCc1ccc(CN(C)C(=O)COC(=O)CNC(=O)c2sc3ccccc3c2Cl)cc1. The Morgan fingerprint density at radius 1 is 1.06 bits per heavy atom. The molecule has 2 amide bonds. The number of aryl methyl sites for hydroxylation is 1. The predicted octanol–water partition coefficient (Wildman–Crippen LogP) is 4.05. The molecule has 0 aliphatic carbocycles. The van der Waals surface area contributed by atoms with E-state index in [1.807, 2.05) is 48.5 Å². The first-order chi connectivity index (χ1) is 14.9. The molecule has 0 aliphatic rings. The molecule has 1 heterocycles. The van der Waals surface area contributed by atoms with Crippen LogP contribution in [0.25, 0.3) is 10.1 Å². The zero-order valence-corrected chi connectivity index (χ0v) is 18.9. The van der Waals surface area contributed by atoms with Gasteiger partial charge in [0.05, 0.1) is 5.02 Å². The van der Waals surface area contributed by atoms with Crippen LogP contribution in [-0.4, -0.2) is 42.9 Å². The van der Waals surface area contributed by atoms with Crippen molar-refractivity contribution in [3.05, 3.63) is 69.6 Å². The normalized spacial score (nSPS) is 10.7. The Bertz CT molecular complexity index is 1090. The maximum atomic E-state index is 12.4. The van der Waals surface area contributed by atoms with Crippen molar-refractivity contribution in [1.82, 2.24) is 10.2 Å². The Hall–Kier alpha value is -2.90. The third kappa shape index (κ3) is 5.83. The lowest BCUT2D eigenvalue weighted by Crippen LogP contribution is -2.34. The van der Waals surface area contributed by atoms with Crippen LogP contribution < -0.4 is 5.32 Å². The van der Waals surface area contributed by atoms with E-state index in [1.54, 1.807) is 7.05 Å². The molecule has 2 aromatic carbocycles. The zero-order chi connectivity index (χ0) is 22.4. The van der Waals surface area contributed by atoms with Crippen molar-refractivity contribution in [1.29, 1.82) is 0 Å². The van der Waals surface area contributed by atoms with Crippen molar-refractivity contribution in [2.24, 2.45) is 0 Å². The molecule has 0 spiro atoms. The molecule has 3 aromatic rings. The second-order valence-electron chi connectivity index (χ2n) is 7.00. The average molecular weight is 459 g/mol. The molecular weight excluding hydrogens is 436 g/mol. The Labute approximate surface area is 189 Å². The fraction of sp³-hybridized carbons (Fsp3) is 0.261. The van der Waals surface area contributed by atoms with Crippen LogP contribution in [0.4, 0.5) is 0 Å². The van der Waals surface area contributed by atoms with Gasteiger partial charge in [-0.15, -0.1) is 11.3 Å². The number of benzene rings is 2. The first kappa shape index (κ1) is 22.8. The van der Waals surface area contributed by atoms with Crippen molar-refractivity contribution < 1.29 is 19.1 Å². The Balaban J connectivity index is 1.45. The quantitative estimate of drug-likeness (QED) is 0.517. The molecule has 0 fully saturated rings. The summed E-state index contributed by atoms with van der Waals surface area (Å²) in [7, 11) is 1.65. The molecule has 1 N–H and O–H groups in total.